The zero-order valence-electron chi connectivity index (χ0n) is 13.1. The number of benzene rings is 2. The third-order valence-corrected chi connectivity index (χ3v) is 3.57. The van der Waals surface area contributed by atoms with Crippen molar-refractivity contribution >= 4 is 11.4 Å². The quantitative estimate of drug-likeness (QED) is 0.612. The van der Waals surface area contributed by atoms with Gasteiger partial charge in [-0.25, -0.2) is 4.39 Å². The first-order valence-electron chi connectivity index (χ1n) is 7.42. The first kappa shape index (κ1) is 15.6. The van der Waals surface area contributed by atoms with Crippen molar-refractivity contribution in [1.82, 2.24) is 9.97 Å². The van der Waals surface area contributed by atoms with Crippen LogP contribution in [0.1, 0.15) is 0 Å². The van der Waals surface area contributed by atoms with Crippen molar-refractivity contribution in [2.45, 2.75) is 0 Å². The fourth-order valence-electron chi connectivity index (χ4n) is 2.41. The molecule has 0 amide bonds. The van der Waals surface area contributed by atoms with Crippen LogP contribution in [0, 0.1) is 5.82 Å². The van der Waals surface area contributed by atoms with Gasteiger partial charge in [-0.3, -0.25) is 9.97 Å². The predicted molar refractivity (Wildman–Crippen MR) is 95.3 cm³/mol. The lowest BCUT2D eigenvalue weighted by Gasteiger charge is -2.25. The number of rotatable bonds is 5. The highest BCUT2D eigenvalue weighted by molar-refractivity contribution is 5.74. The molecule has 0 bridgehead atoms. The van der Waals surface area contributed by atoms with Crippen LogP contribution in [0.4, 0.5) is 15.8 Å². The normalized spacial score (nSPS) is 10.2. The summed E-state index contributed by atoms with van der Waals surface area (Å²) in [5.74, 6) is -0.281. The number of aromatic nitrogens is 2. The minimum absolute atomic E-state index is 0.281. The van der Waals surface area contributed by atoms with Gasteiger partial charge < -0.3 is 4.90 Å². The molecule has 1 aromatic heterocycles. The number of halogens is 1. The van der Waals surface area contributed by atoms with Gasteiger partial charge in [0, 0.05) is 35.0 Å². The smallest absolute Gasteiger partial charge is 0.123 e. The third kappa shape index (κ3) is 3.22. The Balaban J connectivity index is 2.07. The Labute approximate surface area is 140 Å². The van der Waals surface area contributed by atoms with Crippen molar-refractivity contribution < 1.29 is 4.39 Å². The summed E-state index contributed by atoms with van der Waals surface area (Å²) in [4.78, 5) is 10.3. The average molecular weight is 317 g/mol. The fourth-order valence-corrected chi connectivity index (χ4v) is 2.41. The van der Waals surface area contributed by atoms with E-state index in [0.29, 0.717) is 5.70 Å². The maximum atomic E-state index is 13.2. The number of allylic oxidation sites excluding steroid dienone is 1. The lowest BCUT2D eigenvalue weighted by atomic mass is 10.1. The maximum absolute atomic E-state index is 13.2. The summed E-state index contributed by atoms with van der Waals surface area (Å²) in [7, 11) is 0. The van der Waals surface area contributed by atoms with E-state index in [9.17, 15) is 4.39 Å². The summed E-state index contributed by atoms with van der Waals surface area (Å²) < 4.78 is 13.2. The van der Waals surface area contributed by atoms with E-state index in [-0.39, 0.29) is 5.82 Å². The van der Waals surface area contributed by atoms with Crippen LogP contribution < -0.4 is 4.90 Å². The number of anilines is 2. The molecule has 0 aliphatic heterocycles. The standard InChI is InChI=1S/C20H16FN3/c1-3-15(2)24(18-9-7-17(21)8-10-18)19-6-4-5-16(13-19)20-14-22-11-12-23-20/h3-14H,1-2H2. The van der Waals surface area contributed by atoms with Gasteiger partial charge in [0.15, 0.2) is 0 Å². The number of hydrogen-bond acceptors (Lipinski definition) is 3. The highest BCUT2D eigenvalue weighted by atomic mass is 19.1. The molecule has 0 unspecified atom stereocenters. The lowest BCUT2D eigenvalue weighted by molar-refractivity contribution is 0.628. The van der Waals surface area contributed by atoms with Crippen molar-refractivity contribution in [2.75, 3.05) is 4.90 Å². The van der Waals surface area contributed by atoms with Crippen LogP contribution in [0.2, 0.25) is 0 Å². The van der Waals surface area contributed by atoms with Gasteiger partial charge >= 0.3 is 0 Å². The summed E-state index contributed by atoms with van der Waals surface area (Å²) in [5.41, 5.74) is 4.09. The summed E-state index contributed by atoms with van der Waals surface area (Å²) in [6.07, 6.45) is 6.67. The van der Waals surface area contributed by atoms with E-state index in [2.05, 4.69) is 23.1 Å². The fraction of sp³-hybridized carbons (Fsp3) is 0. The number of nitrogens with zero attached hydrogens (tertiary/aromatic N) is 3. The van der Waals surface area contributed by atoms with E-state index in [1.54, 1.807) is 36.8 Å². The largest absolute Gasteiger partial charge is 0.311 e. The van der Waals surface area contributed by atoms with Gasteiger partial charge in [-0.1, -0.05) is 25.3 Å². The summed E-state index contributed by atoms with van der Waals surface area (Å²) in [6.45, 7) is 7.83. The van der Waals surface area contributed by atoms with Crippen molar-refractivity contribution in [3.63, 3.8) is 0 Å². The van der Waals surface area contributed by atoms with Crippen molar-refractivity contribution in [1.29, 1.82) is 0 Å². The third-order valence-electron chi connectivity index (χ3n) is 3.57. The van der Waals surface area contributed by atoms with Gasteiger partial charge in [0.1, 0.15) is 5.82 Å². The van der Waals surface area contributed by atoms with E-state index in [0.717, 1.165) is 22.6 Å². The van der Waals surface area contributed by atoms with Gasteiger partial charge in [0.05, 0.1) is 11.9 Å². The first-order chi connectivity index (χ1) is 11.7. The number of hydrogen-bond donors (Lipinski definition) is 0. The molecule has 118 valence electrons. The van der Waals surface area contributed by atoms with Crippen LogP contribution in [0.3, 0.4) is 0 Å². The van der Waals surface area contributed by atoms with Gasteiger partial charge in [-0.15, -0.1) is 0 Å². The summed E-state index contributed by atoms with van der Waals surface area (Å²) in [6, 6.07) is 14.1. The van der Waals surface area contributed by atoms with Crippen LogP contribution in [0.15, 0.2) is 92.1 Å². The van der Waals surface area contributed by atoms with Crippen LogP contribution in [-0.4, -0.2) is 9.97 Å². The van der Waals surface area contributed by atoms with Gasteiger partial charge in [-0.2, -0.15) is 0 Å². The van der Waals surface area contributed by atoms with E-state index in [4.69, 9.17) is 0 Å². The highest BCUT2D eigenvalue weighted by Gasteiger charge is 2.12. The molecule has 0 N–H and O–H groups in total. The molecule has 0 atom stereocenters. The van der Waals surface area contributed by atoms with Gasteiger partial charge in [0.25, 0.3) is 0 Å². The topological polar surface area (TPSA) is 29.0 Å². The predicted octanol–water partition coefficient (Wildman–Crippen LogP) is 5.12. The SMILES string of the molecule is C=CC(=C)N(c1ccc(F)cc1)c1cccc(-c2cnccn2)c1. The Morgan fingerprint density at radius 1 is 1.04 bits per heavy atom. The van der Waals surface area contributed by atoms with Crippen LogP contribution in [0.5, 0.6) is 0 Å². The molecule has 0 spiro atoms. The second-order valence-corrected chi connectivity index (χ2v) is 5.15. The zero-order valence-corrected chi connectivity index (χ0v) is 13.1. The summed E-state index contributed by atoms with van der Waals surface area (Å²) >= 11 is 0. The second-order valence-electron chi connectivity index (χ2n) is 5.15. The van der Waals surface area contributed by atoms with Crippen molar-refractivity contribution in [3.8, 4) is 11.3 Å². The molecule has 2 aromatic carbocycles. The molecular weight excluding hydrogens is 301 g/mol. The minimum Gasteiger partial charge on any atom is -0.311 e. The van der Waals surface area contributed by atoms with Gasteiger partial charge in [-0.05, 0) is 42.5 Å². The zero-order chi connectivity index (χ0) is 16.9. The molecule has 4 heteroatoms. The van der Waals surface area contributed by atoms with Crippen LogP contribution in [-0.2, 0) is 0 Å². The molecule has 0 fully saturated rings. The van der Waals surface area contributed by atoms with Crippen molar-refractivity contribution in [3.05, 3.63) is 97.9 Å². The molecule has 0 aliphatic carbocycles. The van der Waals surface area contributed by atoms with E-state index < -0.39 is 0 Å². The first-order valence-corrected chi connectivity index (χ1v) is 7.42. The minimum atomic E-state index is -0.281. The van der Waals surface area contributed by atoms with Crippen LogP contribution >= 0.6 is 0 Å². The Bertz CT molecular complexity index is 858. The molecule has 0 radical (unpaired) electrons. The highest BCUT2D eigenvalue weighted by Crippen LogP contribution is 2.32. The van der Waals surface area contributed by atoms with E-state index in [1.807, 2.05) is 29.2 Å². The van der Waals surface area contributed by atoms with E-state index in [1.165, 1.54) is 12.1 Å². The molecule has 0 saturated heterocycles. The van der Waals surface area contributed by atoms with Gasteiger partial charge in [0.2, 0.25) is 0 Å². The Morgan fingerprint density at radius 2 is 1.83 bits per heavy atom. The lowest BCUT2D eigenvalue weighted by Crippen LogP contribution is -2.14. The Kier molecular flexibility index (Phi) is 4.47. The molecule has 1 heterocycles. The monoisotopic (exact) mass is 317 g/mol. The van der Waals surface area contributed by atoms with Crippen LogP contribution in [0.25, 0.3) is 11.3 Å². The molecule has 24 heavy (non-hydrogen) atoms. The second kappa shape index (κ2) is 6.87. The molecule has 3 aromatic rings. The maximum Gasteiger partial charge on any atom is 0.123 e. The molecule has 3 rings (SSSR count). The van der Waals surface area contributed by atoms with E-state index >= 15 is 0 Å². The van der Waals surface area contributed by atoms with Crippen molar-refractivity contribution in [2.24, 2.45) is 0 Å². The summed E-state index contributed by atoms with van der Waals surface area (Å²) in [5, 5.41) is 0. The molecule has 0 aliphatic rings. The molecular formula is C20H16FN3. The molecule has 3 nitrogen and oxygen atoms in total. The Hall–Kier alpha value is -3.27. The average Bonchev–Trinajstić information content (AvgIpc) is 2.64. The molecule has 0 saturated carbocycles. The Morgan fingerprint density at radius 3 is 2.50 bits per heavy atom.